The molecule has 0 saturated carbocycles. The largest absolute Gasteiger partial charge is 0.326 e. The normalized spacial score (nSPS) is 12.7. The molecule has 0 saturated heterocycles. The summed E-state index contributed by atoms with van der Waals surface area (Å²) in [6.45, 7) is 6.82. The quantitative estimate of drug-likeness (QED) is 0.878. The molecular weight excluding hydrogens is 284 g/mol. The molecule has 1 aromatic carbocycles. The zero-order valence-corrected chi connectivity index (χ0v) is 13.1. The van der Waals surface area contributed by atoms with Crippen molar-refractivity contribution in [1.29, 1.82) is 0 Å². The minimum Gasteiger partial charge on any atom is -0.326 e. The second-order valence-corrected chi connectivity index (χ2v) is 7.84. The Bertz CT molecular complexity index is 536. The van der Waals surface area contributed by atoms with Crippen molar-refractivity contribution < 1.29 is 8.42 Å². The van der Waals surface area contributed by atoms with Crippen molar-refractivity contribution in [2.75, 3.05) is 6.54 Å². The van der Waals surface area contributed by atoms with Gasteiger partial charge in [0.05, 0.1) is 4.90 Å². The first-order valence-electron chi connectivity index (χ1n) is 6.14. The highest BCUT2D eigenvalue weighted by molar-refractivity contribution is 7.89. The molecule has 0 unspecified atom stereocenters. The van der Waals surface area contributed by atoms with Crippen molar-refractivity contribution in [2.45, 2.75) is 38.6 Å². The highest BCUT2D eigenvalue weighted by atomic mass is 35.5. The maximum absolute atomic E-state index is 12.1. The predicted octanol–water partition coefficient (Wildman–Crippen LogP) is 2.51. The van der Waals surface area contributed by atoms with Crippen LogP contribution in [0.4, 0.5) is 0 Å². The molecule has 0 heterocycles. The van der Waals surface area contributed by atoms with E-state index >= 15 is 0 Å². The highest BCUT2D eigenvalue weighted by Crippen LogP contribution is 2.21. The first kappa shape index (κ1) is 16.4. The molecule has 1 aromatic rings. The average Bonchev–Trinajstić information content (AvgIpc) is 2.27. The van der Waals surface area contributed by atoms with E-state index < -0.39 is 10.0 Å². The molecule has 6 heteroatoms. The summed E-state index contributed by atoms with van der Waals surface area (Å²) in [5, 5.41) is 0.483. The van der Waals surface area contributed by atoms with Crippen LogP contribution in [0.1, 0.15) is 32.8 Å². The number of nitrogens with two attached hydrogens (primary N) is 1. The van der Waals surface area contributed by atoms with E-state index in [0.717, 1.165) is 6.42 Å². The Labute approximate surface area is 120 Å². The molecule has 108 valence electrons. The van der Waals surface area contributed by atoms with Gasteiger partial charge in [0, 0.05) is 18.1 Å². The molecule has 0 bridgehead atoms. The lowest BCUT2D eigenvalue weighted by Crippen LogP contribution is -2.27. The van der Waals surface area contributed by atoms with Gasteiger partial charge in [0.15, 0.2) is 0 Å². The Balaban J connectivity index is 2.83. The lowest BCUT2D eigenvalue weighted by molar-refractivity contribution is 0.378. The van der Waals surface area contributed by atoms with E-state index in [9.17, 15) is 8.42 Å². The second kappa shape index (κ2) is 6.22. The standard InChI is InChI=1S/C13H21ClN2O2S/c1-13(2,3)6-7-16-19(17,18)11-4-5-12(14)10(8-11)9-15/h4-5,8,16H,6-7,9,15H2,1-3H3. The van der Waals surface area contributed by atoms with E-state index in [1.165, 1.54) is 12.1 Å². The van der Waals surface area contributed by atoms with Crippen LogP contribution in [0, 0.1) is 5.41 Å². The van der Waals surface area contributed by atoms with Gasteiger partial charge >= 0.3 is 0 Å². The third kappa shape index (κ3) is 5.10. The molecule has 1 rings (SSSR count). The lowest BCUT2D eigenvalue weighted by atomic mass is 9.93. The molecule has 0 aliphatic rings. The van der Waals surface area contributed by atoms with Crippen LogP contribution in [0.2, 0.25) is 5.02 Å². The molecule has 0 fully saturated rings. The third-order valence-corrected chi connectivity index (χ3v) is 4.54. The molecule has 0 amide bonds. The fourth-order valence-electron chi connectivity index (χ4n) is 1.52. The van der Waals surface area contributed by atoms with Gasteiger partial charge in [-0.3, -0.25) is 0 Å². The van der Waals surface area contributed by atoms with E-state index in [1.807, 2.05) is 0 Å². The first-order valence-corrected chi connectivity index (χ1v) is 8.00. The topological polar surface area (TPSA) is 72.2 Å². The summed E-state index contributed by atoms with van der Waals surface area (Å²) in [5.41, 5.74) is 6.23. The van der Waals surface area contributed by atoms with Gasteiger partial charge in [-0.15, -0.1) is 0 Å². The lowest BCUT2D eigenvalue weighted by Gasteiger charge is -2.18. The van der Waals surface area contributed by atoms with Crippen LogP contribution in [-0.2, 0) is 16.6 Å². The second-order valence-electron chi connectivity index (χ2n) is 5.67. The number of rotatable bonds is 5. The van der Waals surface area contributed by atoms with Gasteiger partial charge in [0.25, 0.3) is 0 Å². The van der Waals surface area contributed by atoms with Crippen LogP contribution in [0.25, 0.3) is 0 Å². The fraction of sp³-hybridized carbons (Fsp3) is 0.538. The van der Waals surface area contributed by atoms with Crippen molar-refractivity contribution >= 4 is 21.6 Å². The molecule has 0 spiro atoms. The van der Waals surface area contributed by atoms with Crippen LogP contribution in [0.15, 0.2) is 23.1 Å². The van der Waals surface area contributed by atoms with Gasteiger partial charge in [-0.2, -0.15) is 0 Å². The third-order valence-electron chi connectivity index (χ3n) is 2.71. The molecule has 19 heavy (non-hydrogen) atoms. The monoisotopic (exact) mass is 304 g/mol. The molecule has 3 N–H and O–H groups in total. The molecule has 0 aliphatic heterocycles. The van der Waals surface area contributed by atoms with Gasteiger partial charge < -0.3 is 5.73 Å². The van der Waals surface area contributed by atoms with Gasteiger partial charge in [-0.25, -0.2) is 13.1 Å². The van der Waals surface area contributed by atoms with Gasteiger partial charge in [0.1, 0.15) is 0 Å². The van der Waals surface area contributed by atoms with Crippen molar-refractivity contribution in [3.63, 3.8) is 0 Å². The molecular formula is C13H21ClN2O2S. The van der Waals surface area contributed by atoms with E-state index in [-0.39, 0.29) is 16.9 Å². The Morgan fingerprint density at radius 3 is 2.47 bits per heavy atom. The van der Waals surface area contributed by atoms with E-state index in [0.29, 0.717) is 17.1 Å². The summed E-state index contributed by atoms with van der Waals surface area (Å²) >= 11 is 5.92. The number of nitrogens with one attached hydrogen (secondary N) is 1. The predicted molar refractivity (Wildman–Crippen MR) is 78.6 cm³/mol. The highest BCUT2D eigenvalue weighted by Gasteiger charge is 2.17. The van der Waals surface area contributed by atoms with Crippen molar-refractivity contribution in [1.82, 2.24) is 4.72 Å². The van der Waals surface area contributed by atoms with E-state index in [2.05, 4.69) is 25.5 Å². The maximum Gasteiger partial charge on any atom is 0.240 e. The Hall–Kier alpha value is -0.620. The zero-order chi connectivity index (χ0) is 14.7. The SMILES string of the molecule is CC(C)(C)CCNS(=O)(=O)c1ccc(Cl)c(CN)c1. The molecule has 0 atom stereocenters. The summed E-state index contributed by atoms with van der Waals surface area (Å²) in [7, 11) is -3.50. The minimum atomic E-state index is -3.50. The summed E-state index contributed by atoms with van der Waals surface area (Å²) in [6, 6.07) is 4.56. The van der Waals surface area contributed by atoms with Crippen LogP contribution >= 0.6 is 11.6 Å². The minimum absolute atomic E-state index is 0.0882. The van der Waals surface area contributed by atoms with Crippen molar-refractivity contribution in [2.24, 2.45) is 11.1 Å². The van der Waals surface area contributed by atoms with Crippen LogP contribution < -0.4 is 10.5 Å². The molecule has 0 aliphatic carbocycles. The summed E-state index contributed by atoms with van der Waals surface area (Å²) in [4.78, 5) is 0.200. The summed E-state index contributed by atoms with van der Waals surface area (Å²) in [5.74, 6) is 0. The Morgan fingerprint density at radius 2 is 1.95 bits per heavy atom. The van der Waals surface area contributed by atoms with Crippen LogP contribution in [-0.4, -0.2) is 15.0 Å². The Morgan fingerprint density at radius 1 is 1.32 bits per heavy atom. The van der Waals surface area contributed by atoms with E-state index in [1.54, 1.807) is 6.07 Å². The van der Waals surface area contributed by atoms with Gasteiger partial charge in [-0.05, 0) is 35.6 Å². The van der Waals surface area contributed by atoms with Gasteiger partial charge in [0.2, 0.25) is 10.0 Å². The summed E-state index contributed by atoms with van der Waals surface area (Å²) in [6.07, 6.45) is 0.767. The van der Waals surface area contributed by atoms with Crippen LogP contribution in [0.5, 0.6) is 0 Å². The number of halogens is 1. The first-order chi connectivity index (χ1) is 8.65. The van der Waals surface area contributed by atoms with Crippen molar-refractivity contribution in [3.05, 3.63) is 28.8 Å². The smallest absolute Gasteiger partial charge is 0.240 e. The number of hydrogen-bond donors (Lipinski definition) is 2. The molecule has 0 aromatic heterocycles. The number of sulfonamides is 1. The number of hydrogen-bond acceptors (Lipinski definition) is 3. The van der Waals surface area contributed by atoms with Crippen LogP contribution in [0.3, 0.4) is 0 Å². The number of benzene rings is 1. The fourth-order valence-corrected chi connectivity index (χ4v) is 2.80. The Kier molecular flexibility index (Phi) is 5.38. The zero-order valence-electron chi connectivity index (χ0n) is 11.5. The molecule has 4 nitrogen and oxygen atoms in total. The van der Waals surface area contributed by atoms with Crippen molar-refractivity contribution in [3.8, 4) is 0 Å². The average molecular weight is 305 g/mol. The van der Waals surface area contributed by atoms with Gasteiger partial charge in [-0.1, -0.05) is 32.4 Å². The van der Waals surface area contributed by atoms with E-state index in [4.69, 9.17) is 17.3 Å². The maximum atomic E-state index is 12.1. The summed E-state index contributed by atoms with van der Waals surface area (Å²) < 4.78 is 26.8. The molecule has 0 radical (unpaired) electrons.